The maximum atomic E-state index is 13.6. The molecule has 1 aliphatic carbocycles. The van der Waals surface area contributed by atoms with Crippen LogP contribution in [0.5, 0.6) is 0 Å². The van der Waals surface area contributed by atoms with Crippen LogP contribution in [-0.4, -0.2) is 32.0 Å². The molecule has 8 nitrogen and oxygen atoms in total. The zero-order chi connectivity index (χ0) is 18.8. The molecule has 1 aromatic rings. The lowest BCUT2D eigenvalue weighted by Gasteiger charge is -2.40. The van der Waals surface area contributed by atoms with E-state index >= 15 is 0 Å². The Morgan fingerprint density at radius 3 is 2.68 bits per heavy atom. The van der Waals surface area contributed by atoms with Crippen LogP contribution < -0.4 is 4.72 Å². The van der Waals surface area contributed by atoms with E-state index in [0.717, 1.165) is 12.5 Å². The number of hydrogen-bond acceptors (Lipinski definition) is 6. The fourth-order valence-corrected chi connectivity index (χ4v) is 4.67. The van der Waals surface area contributed by atoms with Crippen LogP contribution in [0.15, 0.2) is 23.1 Å². The number of rotatable bonds is 5. The molecule has 0 spiro atoms. The molecule has 1 saturated carbocycles. The summed E-state index contributed by atoms with van der Waals surface area (Å²) in [6.07, 6.45) is 2.30. The van der Waals surface area contributed by atoms with Crippen LogP contribution in [0.2, 0.25) is 0 Å². The molecule has 0 bridgehead atoms. The molecule has 0 aromatic heterocycles. The summed E-state index contributed by atoms with van der Waals surface area (Å²) in [6, 6.07) is 2.12. The minimum Gasteiger partial charge on any atom is -0.469 e. The smallest absolute Gasteiger partial charge is 0.310 e. The van der Waals surface area contributed by atoms with E-state index in [-0.39, 0.29) is 0 Å². The molecule has 0 heterocycles. The van der Waals surface area contributed by atoms with E-state index in [1.54, 1.807) is 6.92 Å². The molecule has 1 aromatic carbocycles. The zero-order valence-electron chi connectivity index (χ0n) is 13.8. The molecule has 0 amide bonds. The van der Waals surface area contributed by atoms with Gasteiger partial charge in [0.05, 0.1) is 28.9 Å². The molecule has 2 atom stereocenters. The van der Waals surface area contributed by atoms with E-state index in [1.807, 2.05) is 0 Å². The average molecular weight is 374 g/mol. The van der Waals surface area contributed by atoms with Gasteiger partial charge in [0.15, 0.2) is 0 Å². The molecule has 1 aliphatic rings. The number of esters is 1. The summed E-state index contributed by atoms with van der Waals surface area (Å²) in [7, 11) is -3.05. The Balaban J connectivity index is 2.40. The first-order chi connectivity index (χ1) is 11.6. The molecule has 1 fully saturated rings. The molecule has 1 N–H and O–H groups in total. The number of nitro groups is 1. The number of sulfonamides is 1. The van der Waals surface area contributed by atoms with Gasteiger partial charge in [-0.2, -0.15) is 0 Å². The highest BCUT2D eigenvalue weighted by Crippen LogP contribution is 2.36. The van der Waals surface area contributed by atoms with Crippen molar-refractivity contribution < 1.29 is 27.3 Å². The van der Waals surface area contributed by atoms with Crippen molar-refractivity contribution in [1.29, 1.82) is 0 Å². The van der Waals surface area contributed by atoms with Crippen molar-refractivity contribution in [2.75, 3.05) is 7.11 Å². The number of carbonyl (C=O) groups is 1. The number of hydrogen-bond donors (Lipinski definition) is 1. The van der Waals surface area contributed by atoms with Gasteiger partial charge < -0.3 is 4.74 Å². The summed E-state index contributed by atoms with van der Waals surface area (Å²) in [5, 5.41) is 10.8. The van der Waals surface area contributed by atoms with Crippen molar-refractivity contribution in [2.24, 2.45) is 5.92 Å². The van der Waals surface area contributed by atoms with Crippen LogP contribution in [0, 0.1) is 21.8 Å². The summed E-state index contributed by atoms with van der Waals surface area (Å²) in [5.41, 5.74) is -1.79. The SMILES string of the molecule is COC(=O)[C@H]1CCCC[C@@]1(C)NS(=O)(=O)c1cc(F)cc([N+](=O)[O-])c1. The topological polar surface area (TPSA) is 116 Å². The Morgan fingerprint density at radius 2 is 2.08 bits per heavy atom. The first kappa shape index (κ1) is 19.3. The van der Waals surface area contributed by atoms with Crippen molar-refractivity contribution in [2.45, 2.75) is 43.0 Å². The first-order valence-corrected chi connectivity index (χ1v) is 9.14. The number of nitrogens with zero attached hydrogens (tertiary/aromatic N) is 1. The van der Waals surface area contributed by atoms with Gasteiger partial charge in [-0.3, -0.25) is 14.9 Å². The molecule has 10 heteroatoms. The summed E-state index contributed by atoms with van der Waals surface area (Å²) in [5.74, 6) is -2.26. The third-order valence-corrected chi connectivity index (χ3v) is 6.03. The van der Waals surface area contributed by atoms with Gasteiger partial charge in [-0.15, -0.1) is 0 Å². The summed E-state index contributed by atoms with van der Waals surface area (Å²) < 4.78 is 46.0. The lowest BCUT2D eigenvalue weighted by molar-refractivity contribution is -0.385. The predicted molar refractivity (Wildman–Crippen MR) is 85.8 cm³/mol. The van der Waals surface area contributed by atoms with Gasteiger partial charge in [-0.1, -0.05) is 12.8 Å². The quantitative estimate of drug-likeness (QED) is 0.479. The standard InChI is InChI=1S/C15H19FN2O6S/c1-15(6-4-3-5-13(15)14(19)24-2)17-25(22,23)12-8-10(16)7-11(9-12)18(20)21/h7-9,13,17H,3-6H2,1-2H3/t13-,15-/m1/s1. The van der Waals surface area contributed by atoms with Crippen LogP contribution in [0.3, 0.4) is 0 Å². The number of halogens is 1. The average Bonchev–Trinajstić information content (AvgIpc) is 2.53. The van der Waals surface area contributed by atoms with Gasteiger partial charge in [-0.25, -0.2) is 17.5 Å². The highest BCUT2D eigenvalue weighted by molar-refractivity contribution is 7.89. The summed E-state index contributed by atoms with van der Waals surface area (Å²) >= 11 is 0. The number of non-ortho nitro benzene ring substituents is 1. The molecule has 0 saturated heterocycles. The van der Waals surface area contributed by atoms with Gasteiger partial charge in [0.25, 0.3) is 5.69 Å². The maximum Gasteiger partial charge on any atom is 0.310 e. The van der Waals surface area contributed by atoms with Crippen LogP contribution in [-0.2, 0) is 19.6 Å². The molecular formula is C15H19FN2O6S. The van der Waals surface area contributed by atoms with E-state index in [4.69, 9.17) is 4.74 Å². The second-order valence-electron chi connectivity index (χ2n) is 6.25. The lowest BCUT2D eigenvalue weighted by Crippen LogP contribution is -2.55. The van der Waals surface area contributed by atoms with Crippen molar-refractivity contribution in [3.05, 3.63) is 34.1 Å². The molecule has 0 aliphatic heterocycles. The summed E-state index contributed by atoms with van der Waals surface area (Å²) in [6.45, 7) is 1.58. The number of nitro benzene ring substituents is 1. The molecule has 138 valence electrons. The van der Waals surface area contributed by atoms with Crippen LogP contribution in [0.25, 0.3) is 0 Å². The van der Waals surface area contributed by atoms with Crippen molar-refractivity contribution in [3.63, 3.8) is 0 Å². The van der Waals surface area contributed by atoms with Gasteiger partial charge in [-0.05, 0) is 25.8 Å². The van der Waals surface area contributed by atoms with Crippen LogP contribution in [0.1, 0.15) is 32.6 Å². The largest absolute Gasteiger partial charge is 0.469 e. The van der Waals surface area contributed by atoms with Crippen LogP contribution >= 0.6 is 0 Å². The molecule has 0 unspecified atom stereocenters. The molecule has 25 heavy (non-hydrogen) atoms. The highest BCUT2D eigenvalue weighted by Gasteiger charge is 2.44. The maximum absolute atomic E-state index is 13.6. The normalized spacial score (nSPS) is 23.9. The Labute approximate surface area is 144 Å². The lowest BCUT2D eigenvalue weighted by atomic mass is 9.74. The van der Waals surface area contributed by atoms with Crippen molar-refractivity contribution in [3.8, 4) is 0 Å². The third-order valence-electron chi connectivity index (χ3n) is 4.44. The molecule has 2 rings (SSSR count). The van der Waals surface area contributed by atoms with E-state index in [9.17, 15) is 27.7 Å². The Morgan fingerprint density at radius 1 is 1.40 bits per heavy atom. The summed E-state index contributed by atoms with van der Waals surface area (Å²) in [4.78, 5) is 21.4. The second-order valence-corrected chi connectivity index (χ2v) is 7.93. The van der Waals surface area contributed by atoms with Crippen molar-refractivity contribution >= 4 is 21.7 Å². The zero-order valence-corrected chi connectivity index (χ0v) is 14.6. The van der Waals surface area contributed by atoms with Gasteiger partial charge >= 0.3 is 5.97 Å². The number of carbonyl (C=O) groups excluding carboxylic acids is 1. The van der Waals surface area contributed by atoms with Gasteiger partial charge in [0.2, 0.25) is 10.0 Å². The Bertz CT molecular complexity index is 797. The fraction of sp³-hybridized carbons (Fsp3) is 0.533. The van der Waals surface area contributed by atoms with Gasteiger partial charge in [0, 0.05) is 11.6 Å². The van der Waals surface area contributed by atoms with E-state index < -0.39 is 48.8 Å². The minimum absolute atomic E-state index is 0.392. The van der Waals surface area contributed by atoms with Crippen LogP contribution in [0.4, 0.5) is 10.1 Å². The molecule has 0 radical (unpaired) electrons. The van der Waals surface area contributed by atoms with E-state index in [2.05, 4.69) is 4.72 Å². The Hall–Kier alpha value is -2.07. The molecular weight excluding hydrogens is 355 g/mol. The monoisotopic (exact) mass is 374 g/mol. The van der Waals surface area contributed by atoms with E-state index in [1.165, 1.54) is 7.11 Å². The predicted octanol–water partition coefficient (Wildman–Crippen LogP) is 2.13. The number of ether oxygens (including phenoxy) is 1. The minimum atomic E-state index is -4.27. The van der Waals surface area contributed by atoms with E-state index in [0.29, 0.717) is 31.4 Å². The Kier molecular flexibility index (Phi) is 5.43. The number of nitrogens with one attached hydrogen (secondary N) is 1. The first-order valence-electron chi connectivity index (χ1n) is 7.66. The number of methoxy groups -OCH3 is 1. The van der Waals surface area contributed by atoms with Gasteiger partial charge in [0.1, 0.15) is 5.82 Å². The highest BCUT2D eigenvalue weighted by atomic mass is 32.2. The second kappa shape index (κ2) is 7.04. The fourth-order valence-electron chi connectivity index (χ4n) is 3.15. The third kappa shape index (κ3) is 4.13. The van der Waals surface area contributed by atoms with Crippen molar-refractivity contribution in [1.82, 2.24) is 4.72 Å². The number of benzene rings is 1.